The fourth-order valence-corrected chi connectivity index (χ4v) is 5.37. The van der Waals surface area contributed by atoms with Crippen LogP contribution < -0.4 is 10.6 Å². The van der Waals surface area contributed by atoms with Gasteiger partial charge in [0.05, 0.1) is 10.8 Å². The lowest BCUT2D eigenvalue weighted by Crippen LogP contribution is -2.62. The number of carbonyl (C=O) groups excluding carboxylic acids is 2. The molecule has 2 saturated heterocycles. The summed E-state index contributed by atoms with van der Waals surface area (Å²) in [6, 6.07) is 3.93. The average Bonchev–Trinajstić information content (AvgIpc) is 3.05. The molecule has 1 aromatic rings. The molecule has 0 saturated carbocycles. The largest absolute Gasteiger partial charge is 0.353 e. The zero-order valence-electron chi connectivity index (χ0n) is 16.3. The molecule has 1 aromatic heterocycles. The second-order valence-electron chi connectivity index (χ2n) is 9.07. The van der Waals surface area contributed by atoms with E-state index in [4.69, 9.17) is 0 Å². The standard InChI is InChI=1S/C20H31N3O2S/c1-19(2)11-15(12-20(3,4)22-19)21-17(24)14-7-5-9-23(13-14)18(25)16-8-6-10-26-16/h6,8,10,14-15,22H,5,7,9,11-13H2,1-4H3,(H,21,24)/t14-/m0/s1. The van der Waals surface area contributed by atoms with Gasteiger partial charge >= 0.3 is 0 Å². The van der Waals surface area contributed by atoms with Crippen molar-refractivity contribution in [3.05, 3.63) is 22.4 Å². The molecule has 0 aliphatic carbocycles. The SMILES string of the molecule is CC1(C)CC(NC(=O)[C@H]2CCCN(C(=O)c3cccs3)C2)CC(C)(C)N1. The van der Waals surface area contributed by atoms with Gasteiger partial charge in [-0.1, -0.05) is 6.07 Å². The molecule has 1 atom stereocenters. The van der Waals surface area contributed by atoms with Crippen molar-refractivity contribution in [3.8, 4) is 0 Å². The first kappa shape index (κ1) is 19.4. The molecule has 26 heavy (non-hydrogen) atoms. The van der Waals surface area contributed by atoms with Crippen LogP contribution in [0.25, 0.3) is 0 Å². The summed E-state index contributed by atoms with van der Waals surface area (Å²) in [5, 5.41) is 8.85. The monoisotopic (exact) mass is 377 g/mol. The quantitative estimate of drug-likeness (QED) is 0.851. The highest BCUT2D eigenvalue weighted by molar-refractivity contribution is 7.12. The molecule has 3 rings (SSSR count). The Morgan fingerprint density at radius 1 is 1.23 bits per heavy atom. The first-order valence-corrected chi connectivity index (χ1v) is 10.5. The predicted molar refractivity (Wildman–Crippen MR) is 105 cm³/mol. The van der Waals surface area contributed by atoms with E-state index < -0.39 is 0 Å². The highest BCUT2D eigenvalue weighted by atomic mass is 32.1. The molecule has 2 amide bonds. The van der Waals surface area contributed by atoms with Crippen molar-refractivity contribution < 1.29 is 9.59 Å². The van der Waals surface area contributed by atoms with E-state index in [1.807, 2.05) is 22.4 Å². The fraction of sp³-hybridized carbons (Fsp3) is 0.700. The van der Waals surface area contributed by atoms with Crippen molar-refractivity contribution in [2.24, 2.45) is 5.92 Å². The first-order chi connectivity index (χ1) is 12.2. The van der Waals surface area contributed by atoms with Gasteiger partial charge < -0.3 is 15.5 Å². The summed E-state index contributed by atoms with van der Waals surface area (Å²) < 4.78 is 0. The van der Waals surface area contributed by atoms with Gasteiger partial charge in [0.25, 0.3) is 5.91 Å². The lowest BCUT2D eigenvalue weighted by Gasteiger charge is -2.47. The van der Waals surface area contributed by atoms with Gasteiger partial charge in [-0.15, -0.1) is 11.3 Å². The minimum absolute atomic E-state index is 0.00737. The van der Waals surface area contributed by atoms with Crippen molar-refractivity contribution in [1.29, 1.82) is 0 Å². The minimum Gasteiger partial charge on any atom is -0.353 e. The van der Waals surface area contributed by atoms with Crippen LogP contribution in [0.5, 0.6) is 0 Å². The lowest BCUT2D eigenvalue weighted by molar-refractivity contribution is -0.127. The summed E-state index contributed by atoms with van der Waals surface area (Å²) in [6.45, 7) is 10.0. The maximum Gasteiger partial charge on any atom is 0.263 e. The molecular formula is C20H31N3O2S. The van der Waals surface area contributed by atoms with Crippen molar-refractivity contribution in [2.75, 3.05) is 13.1 Å². The van der Waals surface area contributed by atoms with Gasteiger partial charge in [0.15, 0.2) is 0 Å². The Morgan fingerprint density at radius 2 is 1.92 bits per heavy atom. The van der Waals surface area contributed by atoms with Crippen molar-refractivity contribution in [3.63, 3.8) is 0 Å². The van der Waals surface area contributed by atoms with E-state index in [1.165, 1.54) is 11.3 Å². The molecule has 2 fully saturated rings. The minimum atomic E-state index is -0.103. The Bertz CT molecular complexity index is 638. The Labute approximate surface area is 160 Å². The molecule has 2 aliphatic heterocycles. The highest BCUT2D eigenvalue weighted by Crippen LogP contribution is 2.29. The van der Waals surface area contributed by atoms with E-state index in [1.54, 1.807) is 0 Å². The summed E-state index contributed by atoms with van der Waals surface area (Å²) in [4.78, 5) is 28.1. The van der Waals surface area contributed by atoms with Gasteiger partial charge in [-0.25, -0.2) is 0 Å². The Hall–Kier alpha value is -1.40. The van der Waals surface area contributed by atoms with E-state index in [0.29, 0.717) is 6.54 Å². The molecule has 3 heterocycles. The number of thiophene rings is 1. The number of carbonyl (C=O) groups is 2. The number of rotatable bonds is 3. The first-order valence-electron chi connectivity index (χ1n) is 9.58. The van der Waals surface area contributed by atoms with E-state index >= 15 is 0 Å². The van der Waals surface area contributed by atoms with Gasteiger partial charge in [-0.3, -0.25) is 9.59 Å². The number of hydrogen-bond donors (Lipinski definition) is 2. The van der Waals surface area contributed by atoms with Crippen LogP contribution in [0.3, 0.4) is 0 Å². The van der Waals surface area contributed by atoms with Gasteiger partial charge in [-0.05, 0) is 64.8 Å². The Morgan fingerprint density at radius 3 is 2.54 bits per heavy atom. The van der Waals surface area contributed by atoms with Crippen LogP contribution in [0.1, 0.15) is 63.0 Å². The Kier molecular flexibility index (Phi) is 5.45. The normalized spacial score (nSPS) is 25.7. The van der Waals surface area contributed by atoms with E-state index in [9.17, 15) is 9.59 Å². The van der Waals surface area contributed by atoms with Crippen molar-refractivity contribution in [1.82, 2.24) is 15.5 Å². The highest BCUT2D eigenvalue weighted by Gasteiger charge is 2.39. The average molecular weight is 378 g/mol. The van der Waals surface area contributed by atoms with Crippen LogP contribution in [0, 0.1) is 5.92 Å². The number of nitrogens with one attached hydrogen (secondary N) is 2. The molecular weight excluding hydrogens is 346 g/mol. The zero-order chi connectivity index (χ0) is 18.9. The number of hydrogen-bond acceptors (Lipinski definition) is 4. The predicted octanol–water partition coefficient (Wildman–Crippen LogP) is 3.03. The van der Waals surface area contributed by atoms with E-state index in [2.05, 4.69) is 38.3 Å². The van der Waals surface area contributed by atoms with Crippen LogP contribution in [-0.4, -0.2) is 46.9 Å². The van der Waals surface area contributed by atoms with Crippen LogP contribution in [-0.2, 0) is 4.79 Å². The molecule has 0 bridgehead atoms. The number of likely N-dealkylation sites (tertiary alicyclic amines) is 1. The lowest BCUT2D eigenvalue weighted by atomic mass is 9.79. The summed E-state index contributed by atoms with van der Waals surface area (Å²) in [5.74, 6) is 0.0579. The number of piperidine rings is 2. The fourth-order valence-electron chi connectivity index (χ4n) is 4.68. The molecule has 6 heteroatoms. The van der Waals surface area contributed by atoms with Crippen molar-refractivity contribution >= 4 is 23.2 Å². The molecule has 5 nitrogen and oxygen atoms in total. The number of amides is 2. The maximum atomic E-state index is 12.9. The summed E-state index contributed by atoms with van der Waals surface area (Å²) in [7, 11) is 0. The summed E-state index contributed by atoms with van der Waals surface area (Å²) in [6.07, 6.45) is 3.59. The van der Waals surface area contributed by atoms with E-state index in [-0.39, 0.29) is 34.9 Å². The van der Waals surface area contributed by atoms with Crippen LogP contribution >= 0.6 is 11.3 Å². The van der Waals surface area contributed by atoms with Gasteiger partial charge in [-0.2, -0.15) is 0 Å². The molecule has 0 aromatic carbocycles. The summed E-state index contributed by atoms with van der Waals surface area (Å²) >= 11 is 1.46. The molecule has 2 aliphatic rings. The Balaban J connectivity index is 1.60. The molecule has 0 spiro atoms. The van der Waals surface area contributed by atoms with Crippen LogP contribution in [0.4, 0.5) is 0 Å². The third-order valence-corrected chi connectivity index (χ3v) is 6.21. The van der Waals surface area contributed by atoms with Crippen LogP contribution in [0.2, 0.25) is 0 Å². The van der Waals surface area contributed by atoms with Gasteiger partial charge in [0.1, 0.15) is 0 Å². The second-order valence-corrected chi connectivity index (χ2v) is 10.0. The molecule has 0 unspecified atom stereocenters. The molecule has 2 N–H and O–H groups in total. The smallest absolute Gasteiger partial charge is 0.263 e. The molecule has 0 radical (unpaired) electrons. The third-order valence-electron chi connectivity index (χ3n) is 5.35. The molecule has 144 valence electrons. The van der Waals surface area contributed by atoms with Crippen LogP contribution in [0.15, 0.2) is 17.5 Å². The third kappa shape index (κ3) is 4.65. The van der Waals surface area contributed by atoms with Gasteiger partial charge in [0.2, 0.25) is 5.91 Å². The zero-order valence-corrected chi connectivity index (χ0v) is 17.1. The van der Waals surface area contributed by atoms with Crippen molar-refractivity contribution in [2.45, 2.75) is 70.5 Å². The topological polar surface area (TPSA) is 61.4 Å². The van der Waals surface area contributed by atoms with Gasteiger partial charge in [0, 0.05) is 30.2 Å². The maximum absolute atomic E-state index is 12.9. The number of nitrogens with zero attached hydrogens (tertiary/aromatic N) is 1. The second kappa shape index (κ2) is 7.31. The summed E-state index contributed by atoms with van der Waals surface area (Å²) in [5.41, 5.74) is 0.0147. The van der Waals surface area contributed by atoms with E-state index in [0.717, 1.165) is 37.1 Å².